The Bertz CT molecular complexity index is 432. The largest absolute Gasteiger partial charge is 0.368 e. The molecule has 1 heterocycles. The molecule has 126 valence electrons. The normalized spacial score (nSPS) is 24.8. The van der Waals surface area contributed by atoms with E-state index in [1.165, 1.54) is 0 Å². The van der Waals surface area contributed by atoms with Gasteiger partial charge in [-0.3, -0.25) is 14.5 Å². The average molecular weight is 309 g/mol. The summed E-state index contributed by atoms with van der Waals surface area (Å²) in [5, 5.41) is 0. The molecule has 0 radical (unpaired) electrons. The van der Waals surface area contributed by atoms with Gasteiger partial charge in [0.15, 0.2) is 0 Å². The van der Waals surface area contributed by atoms with Crippen LogP contribution in [-0.4, -0.2) is 53.8 Å². The molecule has 2 rings (SSSR count). The second-order valence-electron chi connectivity index (χ2n) is 7.84. The van der Waals surface area contributed by atoms with Crippen LogP contribution in [0.25, 0.3) is 0 Å². The Labute approximate surface area is 134 Å². The van der Waals surface area contributed by atoms with Crippen molar-refractivity contribution in [3.63, 3.8) is 0 Å². The molecular formula is C17H31N3O2. The van der Waals surface area contributed by atoms with Gasteiger partial charge in [0.05, 0.1) is 6.04 Å². The first-order valence-corrected chi connectivity index (χ1v) is 8.55. The van der Waals surface area contributed by atoms with E-state index in [0.29, 0.717) is 11.8 Å². The first-order chi connectivity index (χ1) is 10.2. The smallest absolute Gasteiger partial charge is 0.234 e. The lowest BCUT2D eigenvalue weighted by atomic mass is 10.0. The lowest BCUT2D eigenvalue weighted by Gasteiger charge is -2.34. The predicted molar refractivity (Wildman–Crippen MR) is 87.1 cm³/mol. The highest BCUT2D eigenvalue weighted by molar-refractivity contribution is 5.85. The standard InChI is InChI=1S/C17H31N3O2/c1-12(2)10-14(15(18)21)19(4)11-13-6-5-9-20(13)16(22)17(3)7-8-17/h12-14H,5-11H2,1-4H3,(H2,18,21)/t13-,14?/m1/s1. The van der Waals surface area contributed by atoms with Crippen molar-refractivity contribution in [2.45, 2.75) is 65.0 Å². The van der Waals surface area contributed by atoms with Gasteiger partial charge in [-0.25, -0.2) is 0 Å². The number of rotatable bonds is 7. The van der Waals surface area contributed by atoms with E-state index in [1.54, 1.807) is 0 Å². The van der Waals surface area contributed by atoms with E-state index in [4.69, 9.17) is 5.73 Å². The summed E-state index contributed by atoms with van der Waals surface area (Å²) in [5.41, 5.74) is 5.46. The quantitative estimate of drug-likeness (QED) is 0.777. The van der Waals surface area contributed by atoms with Gasteiger partial charge in [0, 0.05) is 24.5 Å². The van der Waals surface area contributed by atoms with Gasteiger partial charge in [0.2, 0.25) is 11.8 Å². The van der Waals surface area contributed by atoms with Crippen LogP contribution in [0.15, 0.2) is 0 Å². The van der Waals surface area contributed by atoms with Crippen molar-refractivity contribution in [2.24, 2.45) is 17.1 Å². The van der Waals surface area contributed by atoms with E-state index in [-0.39, 0.29) is 23.4 Å². The van der Waals surface area contributed by atoms with E-state index in [2.05, 4.69) is 25.7 Å². The second-order valence-corrected chi connectivity index (χ2v) is 7.84. The van der Waals surface area contributed by atoms with Gasteiger partial charge in [0.25, 0.3) is 0 Å². The van der Waals surface area contributed by atoms with Gasteiger partial charge in [-0.05, 0) is 45.1 Å². The van der Waals surface area contributed by atoms with Gasteiger partial charge >= 0.3 is 0 Å². The molecule has 0 aromatic heterocycles. The van der Waals surface area contributed by atoms with Gasteiger partial charge in [-0.15, -0.1) is 0 Å². The van der Waals surface area contributed by atoms with Crippen LogP contribution in [-0.2, 0) is 9.59 Å². The number of likely N-dealkylation sites (tertiary alicyclic amines) is 1. The Morgan fingerprint density at radius 3 is 2.50 bits per heavy atom. The van der Waals surface area contributed by atoms with E-state index in [1.807, 2.05) is 11.9 Å². The number of hydrogen-bond acceptors (Lipinski definition) is 3. The number of primary amides is 1. The molecule has 1 aliphatic carbocycles. The maximum atomic E-state index is 12.6. The second kappa shape index (κ2) is 6.57. The minimum absolute atomic E-state index is 0.109. The maximum Gasteiger partial charge on any atom is 0.234 e. The minimum atomic E-state index is -0.263. The summed E-state index contributed by atoms with van der Waals surface area (Å²) in [7, 11) is 1.96. The zero-order valence-electron chi connectivity index (χ0n) is 14.5. The molecule has 2 amide bonds. The lowest BCUT2D eigenvalue weighted by Crippen LogP contribution is -2.50. The molecule has 0 aromatic rings. The number of nitrogens with zero attached hydrogens (tertiary/aromatic N) is 2. The lowest BCUT2D eigenvalue weighted by molar-refractivity contribution is -0.137. The number of hydrogen-bond donors (Lipinski definition) is 1. The molecule has 1 aliphatic heterocycles. The van der Waals surface area contributed by atoms with Crippen LogP contribution in [0.4, 0.5) is 0 Å². The topological polar surface area (TPSA) is 66.6 Å². The molecule has 0 aromatic carbocycles. The Kier molecular flexibility index (Phi) is 5.15. The van der Waals surface area contributed by atoms with Crippen molar-refractivity contribution < 1.29 is 9.59 Å². The highest BCUT2D eigenvalue weighted by Gasteiger charge is 2.49. The highest BCUT2D eigenvalue weighted by atomic mass is 16.2. The van der Waals surface area contributed by atoms with Gasteiger partial charge in [-0.2, -0.15) is 0 Å². The molecule has 2 aliphatic rings. The molecule has 2 N–H and O–H groups in total. The van der Waals surface area contributed by atoms with Crippen molar-refractivity contribution in [1.82, 2.24) is 9.80 Å². The Hall–Kier alpha value is -1.10. The van der Waals surface area contributed by atoms with E-state index >= 15 is 0 Å². The first kappa shape index (κ1) is 17.3. The fraction of sp³-hybridized carbons (Fsp3) is 0.882. The summed E-state index contributed by atoms with van der Waals surface area (Å²) in [5.74, 6) is 0.468. The zero-order valence-corrected chi connectivity index (χ0v) is 14.5. The highest BCUT2D eigenvalue weighted by Crippen LogP contribution is 2.47. The summed E-state index contributed by atoms with van der Waals surface area (Å²) in [6.45, 7) is 7.87. The van der Waals surface area contributed by atoms with Crippen molar-refractivity contribution in [1.29, 1.82) is 0 Å². The van der Waals surface area contributed by atoms with Crippen LogP contribution in [0.3, 0.4) is 0 Å². The van der Waals surface area contributed by atoms with E-state index in [9.17, 15) is 9.59 Å². The Balaban J connectivity index is 1.98. The minimum Gasteiger partial charge on any atom is -0.368 e. The van der Waals surface area contributed by atoms with Crippen LogP contribution >= 0.6 is 0 Å². The van der Waals surface area contributed by atoms with Crippen molar-refractivity contribution >= 4 is 11.8 Å². The van der Waals surface area contributed by atoms with Crippen LogP contribution in [0, 0.1) is 11.3 Å². The molecule has 2 atom stereocenters. The van der Waals surface area contributed by atoms with Crippen LogP contribution in [0.2, 0.25) is 0 Å². The van der Waals surface area contributed by atoms with Crippen LogP contribution in [0.1, 0.15) is 52.9 Å². The van der Waals surface area contributed by atoms with E-state index in [0.717, 1.165) is 45.2 Å². The molecule has 5 nitrogen and oxygen atoms in total. The summed E-state index contributed by atoms with van der Waals surface area (Å²) < 4.78 is 0. The third-order valence-corrected chi connectivity index (χ3v) is 5.21. The molecule has 22 heavy (non-hydrogen) atoms. The van der Waals surface area contributed by atoms with E-state index < -0.39 is 0 Å². The van der Waals surface area contributed by atoms with Gasteiger partial charge in [0.1, 0.15) is 0 Å². The fourth-order valence-corrected chi connectivity index (χ4v) is 3.46. The number of carbonyl (C=O) groups is 2. The SMILES string of the molecule is CC(C)CC(C(N)=O)N(C)C[C@H]1CCCN1C(=O)C1(C)CC1. The summed E-state index contributed by atoms with van der Waals surface area (Å²) >= 11 is 0. The van der Waals surface area contributed by atoms with Crippen molar-refractivity contribution in [3.05, 3.63) is 0 Å². The van der Waals surface area contributed by atoms with Gasteiger partial charge < -0.3 is 10.6 Å². The third-order valence-electron chi connectivity index (χ3n) is 5.21. The van der Waals surface area contributed by atoms with Gasteiger partial charge in [-0.1, -0.05) is 20.8 Å². The van der Waals surface area contributed by atoms with Crippen LogP contribution < -0.4 is 5.73 Å². The molecule has 0 bridgehead atoms. The predicted octanol–water partition coefficient (Wildman–Crippen LogP) is 1.61. The zero-order chi connectivity index (χ0) is 16.5. The average Bonchev–Trinajstić information content (AvgIpc) is 3.01. The monoisotopic (exact) mass is 309 g/mol. The molecule has 1 unspecified atom stereocenters. The molecule has 1 saturated carbocycles. The Morgan fingerprint density at radius 1 is 1.36 bits per heavy atom. The maximum absolute atomic E-state index is 12.6. The fourth-order valence-electron chi connectivity index (χ4n) is 3.46. The Morgan fingerprint density at radius 2 is 2.00 bits per heavy atom. The first-order valence-electron chi connectivity index (χ1n) is 8.55. The number of nitrogens with two attached hydrogens (primary N) is 1. The summed E-state index contributed by atoms with van der Waals surface area (Å²) in [6.07, 6.45) is 4.89. The molecule has 0 spiro atoms. The summed E-state index contributed by atoms with van der Waals surface area (Å²) in [4.78, 5) is 28.5. The molecule has 2 fully saturated rings. The molecule has 1 saturated heterocycles. The third kappa shape index (κ3) is 3.80. The van der Waals surface area contributed by atoms with Crippen molar-refractivity contribution in [2.75, 3.05) is 20.1 Å². The molecule has 5 heteroatoms. The number of likely N-dealkylation sites (N-methyl/N-ethyl adjacent to an activating group) is 1. The van der Waals surface area contributed by atoms with Crippen molar-refractivity contribution in [3.8, 4) is 0 Å². The number of carbonyl (C=O) groups excluding carboxylic acids is 2. The van der Waals surface area contributed by atoms with Crippen LogP contribution in [0.5, 0.6) is 0 Å². The number of amides is 2. The molecular weight excluding hydrogens is 278 g/mol. The summed E-state index contributed by atoms with van der Waals surface area (Å²) in [6, 6.07) is -0.0157.